The van der Waals surface area contributed by atoms with Crippen molar-refractivity contribution in [3.63, 3.8) is 0 Å². The van der Waals surface area contributed by atoms with Crippen LogP contribution in [0, 0.1) is 5.41 Å². The van der Waals surface area contributed by atoms with Crippen LogP contribution in [0.1, 0.15) is 38.5 Å². The highest BCUT2D eigenvalue weighted by molar-refractivity contribution is 6.19. The first-order valence-electron chi connectivity index (χ1n) is 7.57. The molecule has 4 aliphatic rings. The number of urea groups is 1. The lowest BCUT2D eigenvalue weighted by Crippen LogP contribution is -2.69. The Morgan fingerprint density at radius 3 is 2.50 bits per heavy atom. The lowest BCUT2D eigenvalue weighted by molar-refractivity contribution is -0.159. The van der Waals surface area contributed by atoms with Crippen LogP contribution in [0.4, 0.5) is 4.79 Å². The van der Waals surface area contributed by atoms with E-state index in [1.54, 1.807) is 0 Å². The van der Waals surface area contributed by atoms with Crippen molar-refractivity contribution in [2.75, 3.05) is 13.1 Å². The number of nitrogens with zero attached hydrogens (tertiary/aromatic N) is 2. The van der Waals surface area contributed by atoms with Gasteiger partial charge in [0, 0.05) is 12.6 Å². The molecule has 3 aliphatic heterocycles. The molecule has 1 spiro atoms. The fourth-order valence-electron chi connectivity index (χ4n) is 4.33. The van der Waals surface area contributed by atoms with Crippen molar-refractivity contribution < 1.29 is 14.4 Å². The number of hydrogen-bond acceptors (Lipinski definition) is 4. The summed E-state index contributed by atoms with van der Waals surface area (Å²) in [5.74, 6) is -0.618. The van der Waals surface area contributed by atoms with Gasteiger partial charge < -0.3 is 0 Å². The quantitative estimate of drug-likeness (QED) is 0.707. The number of rotatable bonds is 1. The van der Waals surface area contributed by atoms with Crippen LogP contribution in [0.3, 0.4) is 0 Å². The highest BCUT2D eigenvalue weighted by Crippen LogP contribution is 2.46. The first-order valence-corrected chi connectivity index (χ1v) is 7.57. The van der Waals surface area contributed by atoms with E-state index in [0.29, 0.717) is 18.9 Å². The lowest BCUT2D eigenvalue weighted by atomic mass is 9.66. The number of imide groups is 2. The summed E-state index contributed by atoms with van der Waals surface area (Å²) in [6.07, 6.45) is 5.08. The molecular weight excluding hydrogens is 258 g/mol. The van der Waals surface area contributed by atoms with Crippen LogP contribution in [0.15, 0.2) is 0 Å². The number of carbonyl (C=O) groups is 3. The van der Waals surface area contributed by atoms with E-state index in [2.05, 4.69) is 10.2 Å². The fourth-order valence-corrected chi connectivity index (χ4v) is 4.33. The van der Waals surface area contributed by atoms with Crippen LogP contribution in [-0.4, -0.2) is 52.8 Å². The predicted molar refractivity (Wildman–Crippen MR) is 69.7 cm³/mol. The molecule has 2 atom stereocenters. The Morgan fingerprint density at radius 1 is 1.00 bits per heavy atom. The SMILES string of the molecule is O=C1NC(=O)C2(CCC2)C(=O)N1C1CCN2CCCC12. The second-order valence-corrected chi connectivity index (χ2v) is 6.47. The van der Waals surface area contributed by atoms with E-state index in [0.717, 1.165) is 38.8 Å². The molecule has 1 aliphatic carbocycles. The Labute approximate surface area is 117 Å². The minimum atomic E-state index is -0.931. The summed E-state index contributed by atoms with van der Waals surface area (Å²) in [5.41, 5.74) is -0.931. The number of fused-ring (bicyclic) bond motifs is 1. The Hall–Kier alpha value is -1.43. The molecule has 0 aromatic carbocycles. The van der Waals surface area contributed by atoms with Crippen molar-refractivity contribution in [1.82, 2.24) is 15.1 Å². The fraction of sp³-hybridized carbons (Fsp3) is 0.786. The zero-order chi connectivity index (χ0) is 13.9. The smallest absolute Gasteiger partial charge is 0.298 e. The topological polar surface area (TPSA) is 69.7 Å². The number of hydrogen-bond donors (Lipinski definition) is 1. The average Bonchev–Trinajstić information content (AvgIpc) is 2.90. The molecule has 6 nitrogen and oxygen atoms in total. The first kappa shape index (κ1) is 12.3. The molecule has 2 unspecified atom stereocenters. The van der Waals surface area contributed by atoms with Crippen LogP contribution in [0.2, 0.25) is 0 Å². The van der Waals surface area contributed by atoms with Crippen molar-refractivity contribution >= 4 is 17.8 Å². The summed E-state index contributed by atoms with van der Waals surface area (Å²) < 4.78 is 0. The van der Waals surface area contributed by atoms with Crippen molar-refractivity contribution in [3.05, 3.63) is 0 Å². The van der Waals surface area contributed by atoms with Gasteiger partial charge >= 0.3 is 6.03 Å². The predicted octanol–water partition coefficient (Wildman–Crippen LogP) is 0.472. The Balaban J connectivity index is 1.65. The maximum Gasteiger partial charge on any atom is 0.331 e. The molecule has 6 heteroatoms. The normalized spacial score (nSPS) is 36.2. The third kappa shape index (κ3) is 1.40. The second kappa shape index (κ2) is 4.04. The second-order valence-electron chi connectivity index (χ2n) is 6.47. The summed E-state index contributed by atoms with van der Waals surface area (Å²) >= 11 is 0. The standard InChI is InChI=1S/C14H19N3O3/c18-11-14(5-2-6-14)12(19)17(13(20)15-11)10-4-8-16-7-1-3-9(10)16/h9-10H,1-8H2,(H,15,18,20). The maximum absolute atomic E-state index is 12.8. The molecular formula is C14H19N3O3. The lowest BCUT2D eigenvalue weighted by Gasteiger charge is -2.46. The van der Waals surface area contributed by atoms with Crippen LogP contribution in [0.25, 0.3) is 0 Å². The van der Waals surface area contributed by atoms with Crippen LogP contribution < -0.4 is 5.32 Å². The molecule has 4 fully saturated rings. The van der Waals surface area contributed by atoms with Gasteiger partial charge in [0.15, 0.2) is 0 Å². The number of amides is 4. The highest BCUT2D eigenvalue weighted by atomic mass is 16.2. The molecule has 4 rings (SSSR count). The zero-order valence-electron chi connectivity index (χ0n) is 11.4. The van der Waals surface area contributed by atoms with Crippen molar-refractivity contribution in [1.29, 1.82) is 0 Å². The van der Waals surface area contributed by atoms with Gasteiger partial charge in [0.2, 0.25) is 11.8 Å². The molecule has 1 N–H and O–H groups in total. The third-order valence-electron chi connectivity index (χ3n) is 5.61. The Bertz CT molecular complexity index is 500. The number of nitrogens with one attached hydrogen (secondary N) is 1. The van der Waals surface area contributed by atoms with Gasteiger partial charge in [0.1, 0.15) is 5.41 Å². The van der Waals surface area contributed by atoms with Gasteiger partial charge in [-0.2, -0.15) is 0 Å². The van der Waals surface area contributed by atoms with Gasteiger partial charge in [-0.05, 0) is 38.6 Å². The third-order valence-corrected chi connectivity index (χ3v) is 5.61. The van der Waals surface area contributed by atoms with Crippen molar-refractivity contribution in [3.8, 4) is 0 Å². The molecule has 108 valence electrons. The molecule has 3 heterocycles. The highest BCUT2D eigenvalue weighted by Gasteiger charge is 2.59. The Kier molecular flexibility index (Phi) is 2.49. The van der Waals surface area contributed by atoms with E-state index in [1.807, 2.05) is 0 Å². The molecule has 20 heavy (non-hydrogen) atoms. The minimum Gasteiger partial charge on any atom is -0.298 e. The van der Waals surface area contributed by atoms with Gasteiger partial charge in [-0.25, -0.2) is 4.79 Å². The van der Waals surface area contributed by atoms with Crippen LogP contribution in [-0.2, 0) is 9.59 Å². The van der Waals surface area contributed by atoms with E-state index in [4.69, 9.17) is 0 Å². The molecule has 4 amide bonds. The maximum atomic E-state index is 12.8. The van der Waals surface area contributed by atoms with Gasteiger partial charge in [0.25, 0.3) is 0 Å². The summed E-state index contributed by atoms with van der Waals surface area (Å²) in [6, 6.07) is -0.248. The van der Waals surface area contributed by atoms with E-state index in [1.165, 1.54) is 4.90 Å². The Morgan fingerprint density at radius 2 is 1.80 bits per heavy atom. The molecule has 0 bridgehead atoms. The monoisotopic (exact) mass is 277 g/mol. The van der Waals surface area contributed by atoms with E-state index in [-0.39, 0.29) is 17.9 Å². The summed E-state index contributed by atoms with van der Waals surface area (Å²) in [5, 5.41) is 2.42. The molecule has 1 saturated carbocycles. The van der Waals surface area contributed by atoms with Crippen molar-refractivity contribution in [2.45, 2.75) is 50.6 Å². The number of carbonyl (C=O) groups excluding carboxylic acids is 3. The summed E-state index contributed by atoms with van der Waals surface area (Å²) in [7, 11) is 0. The first-order chi connectivity index (χ1) is 9.63. The van der Waals surface area contributed by atoms with E-state index < -0.39 is 11.4 Å². The molecule has 0 radical (unpaired) electrons. The average molecular weight is 277 g/mol. The van der Waals surface area contributed by atoms with E-state index >= 15 is 0 Å². The largest absolute Gasteiger partial charge is 0.331 e. The van der Waals surface area contributed by atoms with Crippen LogP contribution >= 0.6 is 0 Å². The van der Waals surface area contributed by atoms with Gasteiger partial charge in [0.05, 0.1) is 6.04 Å². The minimum absolute atomic E-state index is 0.0458. The van der Waals surface area contributed by atoms with Gasteiger partial charge in [-0.15, -0.1) is 0 Å². The molecule has 3 saturated heterocycles. The van der Waals surface area contributed by atoms with Crippen LogP contribution in [0.5, 0.6) is 0 Å². The zero-order valence-corrected chi connectivity index (χ0v) is 11.4. The number of barbiturate groups is 1. The molecule has 0 aromatic heterocycles. The molecule has 0 aromatic rings. The summed E-state index contributed by atoms with van der Waals surface area (Å²) in [6.45, 7) is 2.02. The van der Waals surface area contributed by atoms with Crippen molar-refractivity contribution in [2.24, 2.45) is 5.41 Å². The van der Waals surface area contributed by atoms with E-state index in [9.17, 15) is 14.4 Å². The summed E-state index contributed by atoms with van der Waals surface area (Å²) in [4.78, 5) is 40.7. The van der Waals surface area contributed by atoms with Gasteiger partial charge in [-0.3, -0.25) is 24.7 Å². The van der Waals surface area contributed by atoms with Gasteiger partial charge in [-0.1, -0.05) is 6.42 Å².